The molecule has 5 rings (SSSR count). The number of pyridine rings is 1. The number of hydrogen-bond donors (Lipinski definition) is 2. The molecule has 0 aliphatic carbocycles. The van der Waals surface area contributed by atoms with Crippen LogP contribution in [0, 0.1) is 20.8 Å². The number of hydrogen-bond acceptors (Lipinski definition) is 3. The molecule has 0 unspecified atom stereocenters. The molecule has 3 heterocycles. The van der Waals surface area contributed by atoms with Crippen LogP contribution in [0.5, 0.6) is 0 Å². The third-order valence-corrected chi connectivity index (χ3v) is 7.07. The monoisotopic (exact) mass is 495 g/mol. The second-order valence-corrected chi connectivity index (χ2v) is 9.50. The molecule has 4 aromatic rings. The summed E-state index contributed by atoms with van der Waals surface area (Å²) in [4.78, 5) is 19.7. The Bertz CT molecular complexity index is 1400. The summed E-state index contributed by atoms with van der Waals surface area (Å²) in [6.45, 7) is 6.50. The Balaban J connectivity index is 1.55. The molecular weight excluding hydrogens is 466 g/mol. The quantitative estimate of drug-likeness (QED) is 0.350. The summed E-state index contributed by atoms with van der Waals surface area (Å²) in [5, 5.41) is 6.98. The number of para-hydroxylation sites is 2. The molecular formula is C29H29N5OS. The molecule has 2 aromatic carbocycles. The van der Waals surface area contributed by atoms with E-state index in [-0.39, 0.29) is 24.5 Å². The van der Waals surface area contributed by atoms with E-state index in [1.54, 1.807) is 6.20 Å². The fourth-order valence-electron chi connectivity index (χ4n) is 5.06. The molecule has 0 radical (unpaired) electrons. The Morgan fingerprint density at radius 1 is 1.00 bits per heavy atom. The fraction of sp³-hybridized carbons (Fsp3) is 0.207. The van der Waals surface area contributed by atoms with E-state index in [1.165, 1.54) is 5.56 Å². The molecule has 0 spiro atoms. The molecule has 1 aliphatic heterocycles. The van der Waals surface area contributed by atoms with E-state index in [0.717, 1.165) is 34.0 Å². The highest BCUT2D eigenvalue weighted by Gasteiger charge is 2.42. The second-order valence-electron chi connectivity index (χ2n) is 9.12. The summed E-state index contributed by atoms with van der Waals surface area (Å²) in [6.07, 6.45) is 1.79. The third kappa shape index (κ3) is 4.50. The molecule has 0 saturated carbocycles. The Labute approximate surface area is 217 Å². The minimum absolute atomic E-state index is 0.121. The number of rotatable bonds is 6. The van der Waals surface area contributed by atoms with Gasteiger partial charge in [-0.25, -0.2) is 0 Å². The summed E-state index contributed by atoms with van der Waals surface area (Å²) in [5.74, 6) is -0.121. The number of aromatic nitrogens is 2. The zero-order chi connectivity index (χ0) is 25.2. The highest BCUT2D eigenvalue weighted by Crippen LogP contribution is 2.41. The number of nitrogens with one attached hydrogen (secondary N) is 2. The van der Waals surface area contributed by atoms with Crippen LogP contribution < -0.4 is 10.6 Å². The largest absolute Gasteiger partial charge is 0.352 e. The first-order valence-electron chi connectivity index (χ1n) is 12.0. The first kappa shape index (κ1) is 23.8. The number of carbonyl (C=O) groups is 1. The first-order chi connectivity index (χ1) is 17.4. The van der Waals surface area contributed by atoms with Crippen molar-refractivity contribution in [1.82, 2.24) is 19.8 Å². The summed E-state index contributed by atoms with van der Waals surface area (Å²) < 4.78 is 2.28. The van der Waals surface area contributed by atoms with Gasteiger partial charge in [-0.3, -0.25) is 9.78 Å². The van der Waals surface area contributed by atoms with Crippen molar-refractivity contribution in [1.29, 1.82) is 0 Å². The molecule has 2 N–H and O–H groups in total. The van der Waals surface area contributed by atoms with Crippen molar-refractivity contribution in [2.24, 2.45) is 0 Å². The van der Waals surface area contributed by atoms with E-state index in [4.69, 9.17) is 12.2 Å². The summed E-state index contributed by atoms with van der Waals surface area (Å²) in [6, 6.07) is 25.6. The molecule has 1 saturated heterocycles. The molecule has 182 valence electrons. The number of anilines is 1. The van der Waals surface area contributed by atoms with Gasteiger partial charge >= 0.3 is 0 Å². The molecule has 7 heteroatoms. The summed E-state index contributed by atoms with van der Waals surface area (Å²) >= 11 is 5.78. The van der Waals surface area contributed by atoms with Gasteiger partial charge in [-0.15, -0.1) is 0 Å². The number of nitrogens with zero attached hydrogens (tertiary/aromatic N) is 3. The van der Waals surface area contributed by atoms with E-state index in [0.29, 0.717) is 5.11 Å². The number of aryl methyl sites for hydroxylation is 2. The minimum atomic E-state index is -0.196. The van der Waals surface area contributed by atoms with Gasteiger partial charge in [0.15, 0.2) is 5.11 Å². The predicted octanol–water partition coefficient (Wildman–Crippen LogP) is 5.41. The van der Waals surface area contributed by atoms with Crippen LogP contribution in [0.25, 0.3) is 5.69 Å². The van der Waals surface area contributed by atoms with Crippen LogP contribution in [-0.4, -0.2) is 32.0 Å². The average molecular weight is 496 g/mol. The average Bonchev–Trinajstić information content (AvgIpc) is 3.35. The molecule has 36 heavy (non-hydrogen) atoms. The van der Waals surface area contributed by atoms with E-state index < -0.39 is 0 Å². The molecule has 1 fully saturated rings. The number of benzene rings is 2. The van der Waals surface area contributed by atoms with Gasteiger partial charge in [-0.2, -0.15) is 0 Å². The van der Waals surface area contributed by atoms with Crippen LogP contribution in [0.1, 0.15) is 40.3 Å². The van der Waals surface area contributed by atoms with Gasteiger partial charge in [-0.1, -0.05) is 42.5 Å². The van der Waals surface area contributed by atoms with Crippen molar-refractivity contribution in [3.05, 3.63) is 113 Å². The van der Waals surface area contributed by atoms with Crippen LogP contribution >= 0.6 is 12.2 Å². The van der Waals surface area contributed by atoms with Gasteiger partial charge in [-0.05, 0) is 80.5 Å². The van der Waals surface area contributed by atoms with Crippen molar-refractivity contribution in [2.45, 2.75) is 32.9 Å². The molecule has 0 bridgehead atoms. The van der Waals surface area contributed by atoms with Crippen molar-refractivity contribution < 1.29 is 4.79 Å². The first-order valence-corrected chi connectivity index (χ1v) is 12.4. The fourth-order valence-corrected chi connectivity index (χ4v) is 5.37. The Morgan fingerprint density at radius 2 is 1.72 bits per heavy atom. The zero-order valence-corrected chi connectivity index (χ0v) is 21.4. The van der Waals surface area contributed by atoms with Gasteiger partial charge in [0.05, 0.1) is 17.8 Å². The van der Waals surface area contributed by atoms with Crippen molar-refractivity contribution in [3.8, 4) is 5.69 Å². The number of amides is 1. The minimum Gasteiger partial charge on any atom is -0.352 e. The van der Waals surface area contributed by atoms with Gasteiger partial charge in [0.25, 0.3) is 0 Å². The van der Waals surface area contributed by atoms with Crippen LogP contribution in [-0.2, 0) is 4.79 Å². The lowest BCUT2D eigenvalue weighted by molar-refractivity contribution is -0.116. The Kier molecular flexibility index (Phi) is 6.57. The maximum Gasteiger partial charge on any atom is 0.244 e. The highest BCUT2D eigenvalue weighted by atomic mass is 32.1. The normalized spacial score (nSPS) is 17.2. The summed E-state index contributed by atoms with van der Waals surface area (Å²) in [7, 11) is 0. The van der Waals surface area contributed by atoms with E-state index in [2.05, 4.69) is 71.3 Å². The Morgan fingerprint density at radius 3 is 2.44 bits per heavy atom. The highest BCUT2D eigenvalue weighted by molar-refractivity contribution is 7.80. The molecule has 1 aliphatic rings. The number of carbonyl (C=O) groups excluding carboxylic acids is 1. The molecule has 1 amide bonds. The van der Waals surface area contributed by atoms with Crippen LogP contribution in [0.3, 0.4) is 0 Å². The smallest absolute Gasteiger partial charge is 0.244 e. The third-order valence-electron chi connectivity index (χ3n) is 6.71. The van der Waals surface area contributed by atoms with Crippen molar-refractivity contribution >= 4 is 28.9 Å². The van der Waals surface area contributed by atoms with Crippen LogP contribution in [0.2, 0.25) is 0 Å². The topological polar surface area (TPSA) is 62.2 Å². The lowest BCUT2D eigenvalue weighted by Gasteiger charge is -2.27. The molecule has 6 nitrogen and oxygen atoms in total. The van der Waals surface area contributed by atoms with Gasteiger partial charge in [0, 0.05) is 29.0 Å². The van der Waals surface area contributed by atoms with Gasteiger partial charge in [0.2, 0.25) is 5.91 Å². The molecule has 2 atom stereocenters. The van der Waals surface area contributed by atoms with E-state index in [9.17, 15) is 4.79 Å². The Hall–Kier alpha value is -3.97. The van der Waals surface area contributed by atoms with Gasteiger partial charge < -0.3 is 20.1 Å². The summed E-state index contributed by atoms with van der Waals surface area (Å²) in [5.41, 5.74) is 7.36. The SMILES string of the molecule is Cc1ccccc1-n1c(C)cc([C@H]2[C@H](c3ccccn3)NC(=S)N2CC(=O)Nc2ccccc2)c1C. The lowest BCUT2D eigenvalue weighted by Crippen LogP contribution is -2.37. The van der Waals surface area contributed by atoms with Crippen molar-refractivity contribution in [3.63, 3.8) is 0 Å². The van der Waals surface area contributed by atoms with E-state index >= 15 is 0 Å². The van der Waals surface area contributed by atoms with E-state index in [1.807, 2.05) is 53.4 Å². The maximum absolute atomic E-state index is 13.1. The van der Waals surface area contributed by atoms with Crippen LogP contribution in [0.4, 0.5) is 5.69 Å². The van der Waals surface area contributed by atoms with Gasteiger partial charge in [0.1, 0.15) is 6.54 Å². The second kappa shape index (κ2) is 9.95. The van der Waals surface area contributed by atoms with Crippen LogP contribution in [0.15, 0.2) is 85.1 Å². The number of thiocarbonyl (C=S) groups is 1. The zero-order valence-electron chi connectivity index (χ0n) is 20.6. The maximum atomic E-state index is 13.1. The van der Waals surface area contributed by atoms with Crippen molar-refractivity contribution in [2.75, 3.05) is 11.9 Å². The lowest BCUT2D eigenvalue weighted by atomic mass is 9.96. The standard InChI is InChI=1S/C29H29N5OS/c1-19-11-7-8-15-25(19)34-20(2)17-23(21(34)3)28-27(24-14-9-10-16-30-24)32-29(36)33(28)18-26(35)31-22-12-5-4-6-13-22/h4-17,27-28H,18H2,1-3H3,(H,31,35)(H,32,36)/t27-,28-/m0/s1. The molecule has 2 aromatic heterocycles. The predicted molar refractivity (Wildman–Crippen MR) is 147 cm³/mol.